The zero-order valence-electron chi connectivity index (χ0n) is 29.5. The summed E-state index contributed by atoms with van der Waals surface area (Å²) in [6.07, 6.45) is 5.17. The van der Waals surface area contributed by atoms with Crippen molar-refractivity contribution < 1.29 is 4.74 Å². The summed E-state index contributed by atoms with van der Waals surface area (Å²) < 4.78 is 12.5. The summed E-state index contributed by atoms with van der Waals surface area (Å²) in [5.74, 6) is 0. The molecule has 0 rings (SSSR count). The van der Waals surface area contributed by atoms with E-state index in [4.69, 9.17) is 49.1 Å². The largest absolute Gasteiger partial charge is 0.376 e. The van der Waals surface area contributed by atoms with Gasteiger partial charge in [0.15, 0.2) is 0 Å². The standard InChI is InChI=1S/C30H64Cl4N2OSi6/c1-17-25-27(35(38(9,10)21-5)39(11,12)22-6)42(31,32)29(19-3)37-30(20-4)43(33,34)28(26-18-2)36(40(13,14)23-7)41(15,16)24-8/h21-24,27-30H,5-8,17-20,25-26H2,1-4,9-16H3. The van der Waals surface area contributed by atoms with E-state index in [1.165, 1.54) is 0 Å². The summed E-state index contributed by atoms with van der Waals surface area (Å²) in [6.45, 7) is 38.2. The van der Waals surface area contributed by atoms with E-state index in [1.807, 2.05) is 0 Å². The Morgan fingerprint density at radius 3 is 0.930 bits per heavy atom. The topological polar surface area (TPSA) is 15.7 Å². The van der Waals surface area contributed by atoms with Gasteiger partial charge in [-0.05, 0) is 25.7 Å². The second-order valence-corrected chi connectivity index (χ2v) is 45.7. The molecule has 0 aromatic rings. The summed E-state index contributed by atoms with van der Waals surface area (Å²) in [5.41, 5.74) is 7.98. The Labute approximate surface area is 292 Å². The van der Waals surface area contributed by atoms with Crippen LogP contribution in [0.5, 0.6) is 0 Å². The SMILES string of the molecule is C=C[Si](C)(C)N(C(CCC)[Si](Cl)(Cl)C(CC)OC(CC)[Si](Cl)(Cl)C(CCC)N([Si](C)(C)C=C)[Si](C)(C)C=C)[Si](C)(C)C=C. The molecule has 0 aromatic carbocycles. The lowest BCUT2D eigenvalue weighted by Gasteiger charge is -2.54. The van der Waals surface area contributed by atoms with Crippen molar-refractivity contribution in [2.24, 2.45) is 0 Å². The fourth-order valence-corrected chi connectivity index (χ4v) is 42.2. The molecule has 0 saturated carbocycles. The highest BCUT2D eigenvalue weighted by atomic mass is 35.7. The fourth-order valence-electron chi connectivity index (χ4n) is 6.57. The lowest BCUT2D eigenvalue weighted by molar-refractivity contribution is 0.0647. The van der Waals surface area contributed by atoms with Gasteiger partial charge in [0.05, 0.1) is 11.5 Å². The van der Waals surface area contributed by atoms with Crippen LogP contribution in [0.15, 0.2) is 49.1 Å². The van der Waals surface area contributed by atoms with E-state index < -0.39 is 46.3 Å². The van der Waals surface area contributed by atoms with E-state index in [1.54, 1.807) is 0 Å². The first-order valence-corrected chi connectivity index (χ1v) is 36.5. The summed E-state index contributed by atoms with van der Waals surface area (Å²) in [7, 11) is -8.29. The van der Waals surface area contributed by atoms with Crippen molar-refractivity contribution in [3.8, 4) is 0 Å². The van der Waals surface area contributed by atoms with Crippen LogP contribution >= 0.6 is 44.3 Å². The molecule has 0 aliphatic carbocycles. The lowest BCUT2D eigenvalue weighted by atomic mass is 10.3. The maximum atomic E-state index is 7.73. The van der Waals surface area contributed by atoms with E-state index in [0.717, 1.165) is 25.7 Å². The van der Waals surface area contributed by atoms with E-state index in [0.29, 0.717) is 12.8 Å². The smallest absolute Gasteiger partial charge is 0.294 e. The predicted octanol–water partition coefficient (Wildman–Crippen LogP) is 11.2. The first kappa shape index (κ1) is 44.3. The quantitative estimate of drug-likeness (QED) is 0.0804. The van der Waals surface area contributed by atoms with Crippen LogP contribution in [0.4, 0.5) is 0 Å². The molecular weight excluding hydrogens is 715 g/mol. The van der Waals surface area contributed by atoms with Crippen LogP contribution in [0.1, 0.15) is 66.2 Å². The first-order chi connectivity index (χ1) is 19.5. The number of halogens is 4. The minimum Gasteiger partial charge on any atom is -0.376 e. The third-order valence-corrected chi connectivity index (χ3v) is 38.8. The molecule has 0 radical (unpaired) electrons. The molecule has 0 spiro atoms. The third-order valence-electron chi connectivity index (χ3n) is 9.05. The Morgan fingerprint density at radius 2 is 0.767 bits per heavy atom. The summed E-state index contributed by atoms with van der Waals surface area (Å²) in [6, 6.07) is 0. The normalized spacial score (nSPS) is 17.0. The molecule has 13 heteroatoms. The third kappa shape index (κ3) is 10.6. The molecule has 252 valence electrons. The molecule has 4 atom stereocenters. The molecule has 43 heavy (non-hydrogen) atoms. The van der Waals surface area contributed by atoms with Gasteiger partial charge in [-0.3, -0.25) is 0 Å². The summed E-state index contributed by atoms with van der Waals surface area (Å²) in [4.78, 5) is 0. The maximum Gasteiger partial charge on any atom is 0.294 e. The number of ether oxygens (including phenoxy) is 1. The van der Waals surface area contributed by atoms with Crippen LogP contribution in [-0.2, 0) is 4.74 Å². The molecule has 0 saturated heterocycles. The molecule has 0 fully saturated rings. The monoisotopic (exact) mass is 776 g/mol. The fraction of sp³-hybridized carbons (Fsp3) is 0.733. The van der Waals surface area contributed by atoms with Crippen LogP contribution < -0.4 is 0 Å². The molecule has 0 heterocycles. The Balaban J connectivity index is 7.11. The van der Waals surface area contributed by atoms with Crippen LogP contribution in [0.3, 0.4) is 0 Å². The summed E-state index contributed by atoms with van der Waals surface area (Å²) >= 11 is 30.9. The first-order valence-electron chi connectivity index (χ1n) is 16.0. The van der Waals surface area contributed by atoms with Gasteiger partial charge >= 0.3 is 0 Å². The molecule has 3 nitrogen and oxygen atoms in total. The molecule has 0 aliphatic rings. The Bertz CT molecular complexity index is 820. The van der Waals surface area contributed by atoms with Crippen molar-refractivity contribution in [1.82, 2.24) is 8.46 Å². The molecule has 0 N–H and O–H groups in total. The number of nitrogens with zero attached hydrogens (tertiary/aromatic N) is 2. The number of hydrogen-bond acceptors (Lipinski definition) is 3. The van der Waals surface area contributed by atoms with Crippen LogP contribution in [-0.4, -0.2) is 77.6 Å². The molecule has 0 aromatic heterocycles. The second-order valence-electron chi connectivity index (χ2n) is 14.1. The number of hydrogen-bond donors (Lipinski definition) is 0. The van der Waals surface area contributed by atoms with Gasteiger partial charge in [-0.1, -0.05) is 116 Å². The highest BCUT2D eigenvalue weighted by molar-refractivity contribution is 7.47. The van der Waals surface area contributed by atoms with Crippen molar-refractivity contribution >= 4 is 90.6 Å². The van der Waals surface area contributed by atoms with Crippen molar-refractivity contribution in [1.29, 1.82) is 0 Å². The van der Waals surface area contributed by atoms with Crippen LogP contribution in [0.25, 0.3) is 0 Å². The molecule has 0 aliphatic heterocycles. The van der Waals surface area contributed by atoms with Gasteiger partial charge in [0.1, 0.15) is 32.9 Å². The average molecular weight is 779 g/mol. The summed E-state index contributed by atoms with van der Waals surface area (Å²) in [5, 5.41) is 0. The van der Waals surface area contributed by atoms with Crippen molar-refractivity contribution in [3.05, 3.63) is 49.1 Å². The molecule has 0 bridgehead atoms. The Morgan fingerprint density at radius 1 is 0.535 bits per heavy atom. The van der Waals surface area contributed by atoms with Crippen LogP contribution in [0.2, 0.25) is 52.4 Å². The van der Waals surface area contributed by atoms with E-state index in [2.05, 4.69) is 138 Å². The zero-order chi connectivity index (χ0) is 34.2. The Kier molecular flexibility index (Phi) is 18.2. The van der Waals surface area contributed by atoms with E-state index in [-0.39, 0.29) is 22.8 Å². The van der Waals surface area contributed by atoms with Gasteiger partial charge in [0.25, 0.3) is 13.4 Å². The highest BCUT2D eigenvalue weighted by Gasteiger charge is 2.58. The number of rotatable bonds is 22. The maximum absolute atomic E-state index is 7.73. The highest BCUT2D eigenvalue weighted by Crippen LogP contribution is 2.43. The van der Waals surface area contributed by atoms with E-state index >= 15 is 0 Å². The van der Waals surface area contributed by atoms with Crippen molar-refractivity contribution in [2.45, 2.75) is 141 Å². The zero-order valence-corrected chi connectivity index (χ0v) is 38.5. The lowest BCUT2D eigenvalue weighted by Crippen LogP contribution is -2.73. The molecule has 0 amide bonds. The minimum absolute atomic E-state index is 0.00601. The van der Waals surface area contributed by atoms with Gasteiger partial charge in [0.2, 0.25) is 0 Å². The van der Waals surface area contributed by atoms with Gasteiger partial charge in [-0.25, -0.2) is 0 Å². The second kappa shape index (κ2) is 17.6. The van der Waals surface area contributed by atoms with Gasteiger partial charge in [-0.2, -0.15) is 0 Å². The molecular formula is C30H64Cl4N2OSi6. The van der Waals surface area contributed by atoms with Crippen molar-refractivity contribution in [3.63, 3.8) is 0 Å². The van der Waals surface area contributed by atoms with Gasteiger partial charge in [0, 0.05) is 11.3 Å². The predicted molar refractivity (Wildman–Crippen MR) is 216 cm³/mol. The minimum atomic E-state index is -3.13. The van der Waals surface area contributed by atoms with Crippen LogP contribution in [0, 0.1) is 0 Å². The van der Waals surface area contributed by atoms with Gasteiger partial charge in [-0.15, -0.1) is 70.6 Å². The average Bonchev–Trinajstić information content (AvgIpc) is 2.92. The van der Waals surface area contributed by atoms with Crippen molar-refractivity contribution in [2.75, 3.05) is 0 Å². The van der Waals surface area contributed by atoms with E-state index in [9.17, 15) is 0 Å². The Hall–Kier alpha value is 1.30. The molecule has 4 unspecified atom stereocenters. The van der Waals surface area contributed by atoms with Gasteiger partial charge < -0.3 is 13.2 Å².